The van der Waals surface area contributed by atoms with E-state index in [1.54, 1.807) is 0 Å². The number of halogens is 3. The molecule has 24 heavy (non-hydrogen) atoms. The lowest BCUT2D eigenvalue weighted by Crippen LogP contribution is -2.05. The van der Waals surface area contributed by atoms with Crippen molar-refractivity contribution < 1.29 is 13.2 Å². The third kappa shape index (κ3) is 3.30. The van der Waals surface area contributed by atoms with E-state index in [-0.39, 0.29) is 11.6 Å². The molecular formula is C14H8F3N7. The molecule has 0 aliphatic rings. The van der Waals surface area contributed by atoms with Crippen LogP contribution in [0, 0.1) is 11.3 Å². The normalized spacial score (nSPS) is 11.1. The average Bonchev–Trinajstić information content (AvgIpc) is 3.03. The van der Waals surface area contributed by atoms with Crippen molar-refractivity contribution in [1.82, 2.24) is 24.7 Å². The van der Waals surface area contributed by atoms with Gasteiger partial charge in [0.25, 0.3) is 0 Å². The van der Waals surface area contributed by atoms with Crippen LogP contribution in [0.2, 0.25) is 0 Å². The maximum Gasteiger partial charge on any atom is 0.416 e. The van der Waals surface area contributed by atoms with Crippen molar-refractivity contribution in [3.63, 3.8) is 0 Å². The van der Waals surface area contributed by atoms with Crippen molar-refractivity contribution in [3.8, 4) is 11.8 Å². The summed E-state index contributed by atoms with van der Waals surface area (Å²) in [6.45, 7) is 0. The van der Waals surface area contributed by atoms with Crippen LogP contribution >= 0.6 is 0 Å². The van der Waals surface area contributed by atoms with Gasteiger partial charge < -0.3 is 5.32 Å². The van der Waals surface area contributed by atoms with Crippen LogP contribution in [0.3, 0.4) is 0 Å². The zero-order valence-corrected chi connectivity index (χ0v) is 11.9. The van der Waals surface area contributed by atoms with Crippen molar-refractivity contribution in [2.24, 2.45) is 0 Å². The van der Waals surface area contributed by atoms with Crippen LogP contribution in [-0.4, -0.2) is 24.7 Å². The van der Waals surface area contributed by atoms with Crippen LogP contribution in [0.25, 0.3) is 5.69 Å². The SMILES string of the molecule is N#Cc1cnc(Nc2ncn(-c3ccc(C(F)(F)F)cc3)n2)cn1. The number of hydrogen-bond donors (Lipinski definition) is 1. The van der Waals surface area contributed by atoms with Crippen LogP contribution in [0.4, 0.5) is 24.9 Å². The summed E-state index contributed by atoms with van der Waals surface area (Å²) in [5.41, 5.74) is -0.143. The lowest BCUT2D eigenvalue weighted by molar-refractivity contribution is -0.137. The molecule has 0 bridgehead atoms. The molecule has 0 atom stereocenters. The molecule has 2 aromatic heterocycles. The Balaban J connectivity index is 1.76. The first kappa shape index (κ1) is 15.4. The summed E-state index contributed by atoms with van der Waals surface area (Å²) in [6.07, 6.45) is -0.406. The molecule has 0 saturated carbocycles. The predicted molar refractivity (Wildman–Crippen MR) is 76.4 cm³/mol. The van der Waals surface area contributed by atoms with E-state index in [0.29, 0.717) is 11.5 Å². The van der Waals surface area contributed by atoms with Gasteiger partial charge in [0.15, 0.2) is 11.5 Å². The Hall–Kier alpha value is -3.48. The number of benzene rings is 1. The first-order chi connectivity index (χ1) is 11.5. The quantitative estimate of drug-likeness (QED) is 0.793. The Morgan fingerprint density at radius 1 is 1.04 bits per heavy atom. The monoisotopic (exact) mass is 331 g/mol. The van der Waals surface area contributed by atoms with Gasteiger partial charge in [-0.15, -0.1) is 5.10 Å². The van der Waals surface area contributed by atoms with Gasteiger partial charge in [0.1, 0.15) is 12.4 Å². The highest BCUT2D eigenvalue weighted by Crippen LogP contribution is 2.29. The number of anilines is 2. The number of nitrogens with zero attached hydrogens (tertiary/aromatic N) is 6. The Morgan fingerprint density at radius 3 is 2.38 bits per heavy atom. The van der Waals surface area contributed by atoms with Crippen LogP contribution in [0.1, 0.15) is 11.3 Å². The zero-order valence-electron chi connectivity index (χ0n) is 11.9. The first-order valence-corrected chi connectivity index (χ1v) is 6.54. The second-order valence-electron chi connectivity index (χ2n) is 4.58. The highest BCUT2D eigenvalue weighted by Gasteiger charge is 2.30. The minimum atomic E-state index is -4.39. The Labute approximate surface area is 133 Å². The Kier molecular flexibility index (Phi) is 3.83. The Bertz CT molecular complexity index is 876. The molecule has 3 rings (SSSR count). The Morgan fingerprint density at radius 2 is 1.79 bits per heavy atom. The summed E-state index contributed by atoms with van der Waals surface area (Å²) in [4.78, 5) is 11.8. The summed E-state index contributed by atoms with van der Waals surface area (Å²) in [7, 11) is 0. The number of nitrogens with one attached hydrogen (secondary N) is 1. The summed E-state index contributed by atoms with van der Waals surface area (Å²) in [5.74, 6) is 0.521. The molecule has 0 aliphatic carbocycles. The minimum Gasteiger partial charge on any atom is -0.306 e. The molecule has 120 valence electrons. The summed E-state index contributed by atoms with van der Waals surface area (Å²) < 4.78 is 39.0. The first-order valence-electron chi connectivity index (χ1n) is 6.54. The van der Waals surface area contributed by atoms with Crippen LogP contribution in [0.15, 0.2) is 43.0 Å². The van der Waals surface area contributed by atoms with Gasteiger partial charge in [-0.1, -0.05) is 0 Å². The second-order valence-corrected chi connectivity index (χ2v) is 4.58. The largest absolute Gasteiger partial charge is 0.416 e. The van der Waals surface area contributed by atoms with Crippen molar-refractivity contribution in [1.29, 1.82) is 5.26 Å². The lowest BCUT2D eigenvalue weighted by Gasteiger charge is -2.07. The molecule has 0 amide bonds. The van der Waals surface area contributed by atoms with Gasteiger partial charge in [0, 0.05) is 0 Å². The molecule has 0 unspecified atom stereocenters. The summed E-state index contributed by atoms with van der Waals surface area (Å²) in [5, 5.41) is 15.5. The van der Waals surface area contributed by atoms with Gasteiger partial charge in [0.2, 0.25) is 5.95 Å². The fourth-order valence-corrected chi connectivity index (χ4v) is 1.81. The van der Waals surface area contributed by atoms with Gasteiger partial charge in [-0.2, -0.15) is 23.4 Å². The second kappa shape index (κ2) is 5.96. The fraction of sp³-hybridized carbons (Fsp3) is 0.0714. The highest BCUT2D eigenvalue weighted by molar-refractivity contribution is 5.46. The van der Waals surface area contributed by atoms with Gasteiger partial charge >= 0.3 is 6.18 Å². The summed E-state index contributed by atoms with van der Waals surface area (Å²) in [6, 6.07) is 6.37. The van der Waals surface area contributed by atoms with Crippen molar-refractivity contribution in [3.05, 3.63) is 54.2 Å². The van der Waals surface area contributed by atoms with Gasteiger partial charge in [-0.05, 0) is 24.3 Å². The lowest BCUT2D eigenvalue weighted by atomic mass is 10.2. The summed E-state index contributed by atoms with van der Waals surface area (Å²) >= 11 is 0. The molecule has 0 aliphatic heterocycles. The molecule has 7 nitrogen and oxygen atoms in total. The number of aromatic nitrogens is 5. The molecule has 0 saturated heterocycles. The molecule has 2 heterocycles. The van der Waals surface area contributed by atoms with Crippen molar-refractivity contribution in [2.75, 3.05) is 5.32 Å². The maximum atomic E-state index is 12.5. The van der Waals surface area contributed by atoms with Crippen LogP contribution < -0.4 is 5.32 Å². The van der Waals surface area contributed by atoms with E-state index >= 15 is 0 Å². The third-order valence-corrected chi connectivity index (χ3v) is 2.96. The standard InChI is InChI=1S/C14H8F3N7/c15-14(16,17)9-1-3-11(4-2-9)24-8-21-13(23-24)22-12-7-19-10(5-18)6-20-12/h1-4,6-8H,(H,20,22,23). The fourth-order valence-electron chi connectivity index (χ4n) is 1.81. The van der Waals surface area contributed by atoms with E-state index in [0.717, 1.165) is 12.1 Å². The van der Waals surface area contributed by atoms with Gasteiger partial charge in [-0.3, -0.25) is 0 Å². The molecule has 0 spiro atoms. The van der Waals surface area contributed by atoms with Gasteiger partial charge in [0.05, 0.1) is 23.6 Å². The van der Waals surface area contributed by atoms with Crippen LogP contribution in [0.5, 0.6) is 0 Å². The van der Waals surface area contributed by atoms with E-state index in [9.17, 15) is 13.2 Å². The molecule has 0 radical (unpaired) electrons. The zero-order chi connectivity index (χ0) is 17.2. The molecule has 1 aromatic carbocycles. The van der Waals surface area contributed by atoms with E-state index < -0.39 is 11.7 Å². The molecular weight excluding hydrogens is 323 g/mol. The van der Waals surface area contributed by atoms with Crippen molar-refractivity contribution >= 4 is 11.8 Å². The van der Waals surface area contributed by atoms with E-state index in [2.05, 4.69) is 25.4 Å². The minimum absolute atomic E-state index is 0.170. The smallest absolute Gasteiger partial charge is 0.306 e. The van der Waals surface area contributed by atoms with Gasteiger partial charge in [-0.25, -0.2) is 14.6 Å². The topological polar surface area (TPSA) is 92.3 Å². The molecule has 10 heteroatoms. The highest BCUT2D eigenvalue weighted by atomic mass is 19.4. The number of alkyl halides is 3. The van der Waals surface area contributed by atoms with E-state index in [1.807, 2.05) is 6.07 Å². The molecule has 0 fully saturated rings. The number of hydrogen-bond acceptors (Lipinski definition) is 6. The van der Waals surface area contributed by atoms with E-state index in [4.69, 9.17) is 5.26 Å². The number of nitriles is 1. The maximum absolute atomic E-state index is 12.5. The van der Waals surface area contributed by atoms with Crippen molar-refractivity contribution in [2.45, 2.75) is 6.18 Å². The number of rotatable bonds is 3. The third-order valence-electron chi connectivity index (χ3n) is 2.96. The predicted octanol–water partition coefficient (Wildman–Crippen LogP) is 2.69. The molecule has 1 N–H and O–H groups in total. The van der Waals surface area contributed by atoms with E-state index in [1.165, 1.54) is 35.5 Å². The molecule has 3 aromatic rings. The van der Waals surface area contributed by atoms with Crippen LogP contribution in [-0.2, 0) is 6.18 Å². The average molecular weight is 331 g/mol.